The van der Waals surface area contributed by atoms with E-state index in [1.54, 1.807) is 0 Å². The number of hydrogen-bond acceptors (Lipinski definition) is 6. The Labute approximate surface area is 447 Å². The Morgan fingerprint density at radius 3 is 0.889 bits per heavy atom. The number of rotatable bonds is 57. The first-order valence-corrected chi connectivity index (χ1v) is 31.3. The summed E-state index contributed by atoms with van der Waals surface area (Å²) in [6.45, 7) is 6.52. The molecule has 0 amide bonds. The van der Waals surface area contributed by atoms with E-state index < -0.39 is 6.10 Å². The molecule has 0 bridgehead atoms. The Hall–Kier alpha value is -2.89. The van der Waals surface area contributed by atoms with Gasteiger partial charge in [-0.1, -0.05) is 261 Å². The van der Waals surface area contributed by atoms with Gasteiger partial charge in [0.2, 0.25) is 0 Å². The highest BCUT2D eigenvalue weighted by molar-refractivity contribution is 5.71. The first-order valence-electron chi connectivity index (χ1n) is 31.3. The number of esters is 3. The lowest BCUT2D eigenvalue weighted by Gasteiger charge is -2.18. The highest BCUT2D eigenvalue weighted by atomic mass is 16.6. The highest BCUT2D eigenvalue weighted by Crippen LogP contribution is 2.17. The number of carbonyl (C=O) groups excluding carboxylic acids is 3. The van der Waals surface area contributed by atoms with Gasteiger partial charge in [-0.3, -0.25) is 14.4 Å². The zero-order valence-electron chi connectivity index (χ0n) is 47.9. The molecule has 0 rings (SSSR count). The third-order valence-electron chi connectivity index (χ3n) is 13.7. The second kappa shape index (κ2) is 60.7. The van der Waals surface area contributed by atoms with Gasteiger partial charge in [-0.15, -0.1) is 0 Å². The van der Waals surface area contributed by atoms with Crippen molar-refractivity contribution in [3.63, 3.8) is 0 Å². The summed E-state index contributed by atoms with van der Waals surface area (Å²) in [5, 5.41) is 0. The first kappa shape index (κ1) is 69.1. The predicted molar refractivity (Wildman–Crippen MR) is 312 cm³/mol. The zero-order chi connectivity index (χ0) is 52.2. The van der Waals surface area contributed by atoms with Crippen molar-refractivity contribution in [2.24, 2.45) is 0 Å². The summed E-state index contributed by atoms with van der Waals surface area (Å²) >= 11 is 0. The van der Waals surface area contributed by atoms with E-state index in [0.29, 0.717) is 19.3 Å². The van der Waals surface area contributed by atoms with Gasteiger partial charge in [0.25, 0.3) is 0 Å². The molecule has 0 aliphatic carbocycles. The van der Waals surface area contributed by atoms with Crippen molar-refractivity contribution in [2.75, 3.05) is 13.2 Å². The van der Waals surface area contributed by atoms with Crippen LogP contribution in [0.3, 0.4) is 0 Å². The molecule has 418 valence electrons. The van der Waals surface area contributed by atoms with E-state index in [2.05, 4.69) is 81.5 Å². The van der Waals surface area contributed by atoms with E-state index in [-0.39, 0.29) is 31.1 Å². The topological polar surface area (TPSA) is 78.9 Å². The summed E-state index contributed by atoms with van der Waals surface area (Å²) in [5.74, 6) is -0.896. The molecule has 0 aromatic heterocycles. The van der Waals surface area contributed by atoms with Gasteiger partial charge in [0, 0.05) is 19.3 Å². The Bertz CT molecular complexity index is 1290. The van der Waals surface area contributed by atoms with Crippen molar-refractivity contribution in [2.45, 2.75) is 329 Å². The van der Waals surface area contributed by atoms with Gasteiger partial charge in [-0.05, 0) is 103 Å². The van der Waals surface area contributed by atoms with Crippen LogP contribution in [0.4, 0.5) is 0 Å². The number of carbonyl (C=O) groups is 3. The maximum absolute atomic E-state index is 12.8. The quantitative estimate of drug-likeness (QED) is 0.0261. The van der Waals surface area contributed by atoms with E-state index in [0.717, 1.165) is 103 Å². The maximum atomic E-state index is 12.8. The van der Waals surface area contributed by atoms with Crippen molar-refractivity contribution >= 4 is 17.9 Å². The molecule has 0 N–H and O–H groups in total. The first-order chi connectivity index (χ1) is 35.5. The molecule has 0 aromatic rings. The molecule has 0 spiro atoms. The van der Waals surface area contributed by atoms with Crippen molar-refractivity contribution in [1.29, 1.82) is 0 Å². The van der Waals surface area contributed by atoms with E-state index in [1.807, 2.05) is 0 Å². The lowest BCUT2D eigenvalue weighted by atomic mass is 10.0. The summed E-state index contributed by atoms with van der Waals surface area (Å²) in [6, 6.07) is 0. The average Bonchev–Trinajstić information content (AvgIpc) is 3.38. The largest absolute Gasteiger partial charge is 0.462 e. The fraction of sp³-hybridized carbons (Fsp3) is 0.803. The average molecular weight is 1010 g/mol. The van der Waals surface area contributed by atoms with Gasteiger partial charge in [0.15, 0.2) is 6.10 Å². The number of ether oxygens (including phenoxy) is 3. The van der Waals surface area contributed by atoms with Crippen LogP contribution in [0.2, 0.25) is 0 Å². The lowest BCUT2D eigenvalue weighted by molar-refractivity contribution is -0.167. The second-order valence-corrected chi connectivity index (χ2v) is 20.9. The lowest BCUT2D eigenvalue weighted by Crippen LogP contribution is -2.30. The van der Waals surface area contributed by atoms with Crippen LogP contribution in [0, 0.1) is 0 Å². The van der Waals surface area contributed by atoms with Crippen LogP contribution in [0.5, 0.6) is 0 Å². The standard InChI is InChI=1S/C66H118O6/c1-4-7-10-13-16-19-22-25-27-28-29-30-31-32-33-34-35-36-37-38-40-41-44-47-50-53-56-59-65(68)71-62-63(61-70-64(67)58-55-52-49-46-43-24-21-18-15-12-9-6-3)72-66(69)60-57-54-51-48-45-42-39-26-23-20-17-14-11-8-5-2/h8,11,17-18,20-21,26,28-29,39,63H,4-7,9-10,12-16,19,22-25,27,30-38,40-62H2,1-3H3/b11-8-,20-17-,21-18-,29-28-,39-26-. The third kappa shape index (κ3) is 58.0. The van der Waals surface area contributed by atoms with Crippen LogP contribution in [0.1, 0.15) is 323 Å². The van der Waals surface area contributed by atoms with Crippen LogP contribution in [-0.4, -0.2) is 37.2 Å². The summed E-state index contributed by atoms with van der Waals surface area (Å²) in [5.41, 5.74) is 0. The Morgan fingerprint density at radius 2 is 0.542 bits per heavy atom. The molecule has 1 unspecified atom stereocenters. The molecule has 0 saturated heterocycles. The fourth-order valence-electron chi connectivity index (χ4n) is 9.04. The molecule has 1 atom stereocenters. The monoisotopic (exact) mass is 1010 g/mol. The second-order valence-electron chi connectivity index (χ2n) is 20.9. The molecule has 0 saturated carbocycles. The van der Waals surface area contributed by atoms with Gasteiger partial charge in [-0.25, -0.2) is 0 Å². The molecule has 6 heteroatoms. The highest BCUT2D eigenvalue weighted by Gasteiger charge is 2.19. The van der Waals surface area contributed by atoms with Crippen LogP contribution in [0.15, 0.2) is 60.8 Å². The number of unbranched alkanes of at least 4 members (excludes halogenated alkanes) is 36. The minimum atomic E-state index is -0.786. The van der Waals surface area contributed by atoms with Gasteiger partial charge in [0.05, 0.1) is 0 Å². The van der Waals surface area contributed by atoms with E-state index in [9.17, 15) is 14.4 Å². The SMILES string of the molecule is CC/C=C\C/C=C\C/C=C\CCCCCCCC(=O)OC(COC(=O)CCCCCCC/C=C\CCCCC)COC(=O)CCCCCCCCCCCCCCCCC/C=C\CCCCCCCCCC. The van der Waals surface area contributed by atoms with Crippen molar-refractivity contribution in [3.05, 3.63) is 60.8 Å². The van der Waals surface area contributed by atoms with Crippen molar-refractivity contribution in [3.8, 4) is 0 Å². The van der Waals surface area contributed by atoms with E-state index >= 15 is 0 Å². The molecule has 6 nitrogen and oxygen atoms in total. The Morgan fingerprint density at radius 1 is 0.292 bits per heavy atom. The van der Waals surface area contributed by atoms with Crippen LogP contribution >= 0.6 is 0 Å². The third-order valence-corrected chi connectivity index (χ3v) is 13.7. The number of allylic oxidation sites excluding steroid dienone is 10. The zero-order valence-corrected chi connectivity index (χ0v) is 47.9. The smallest absolute Gasteiger partial charge is 0.306 e. The van der Waals surface area contributed by atoms with Gasteiger partial charge in [0.1, 0.15) is 13.2 Å². The molecule has 0 heterocycles. The molecule has 0 aromatic carbocycles. The Balaban J connectivity index is 4.21. The summed E-state index contributed by atoms with van der Waals surface area (Å²) in [4.78, 5) is 38.2. The minimum Gasteiger partial charge on any atom is -0.462 e. The van der Waals surface area contributed by atoms with Crippen molar-refractivity contribution < 1.29 is 28.6 Å². The predicted octanol–water partition coefficient (Wildman–Crippen LogP) is 21.2. The molecule has 0 aliphatic heterocycles. The van der Waals surface area contributed by atoms with Gasteiger partial charge < -0.3 is 14.2 Å². The molecule has 0 radical (unpaired) electrons. The molecule has 0 aliphatic rings. The summed E-state index contributed by atoms with van der Waals surface area (Å²) in [6.07, 6.45) is 76.7. The van der Waals surface area contributed by atoms with Crippen LogP contribution in [0.25, 0.3) is 0 Å². The summed E-state index contributed by atoms with van der Waals surface area (Å²) in [7, 11) is 0. The van der Waals surface area contributed by atoms with Crippen LogP contribution < -0.4 is 0 Å². The maximum Gasteiger partial charge on any atom is 0.306 e. The fourth-order valence-corrected chi connectivity index (χ4v) is 9.04. The normalized spacial score (nSPS) is 12.4. The summed E-state index contributed by atoms with van der Waals surface area (Å²) < 4.78 is 16.9. The number of hydrogen-bond donors (Lipinski definition) is 0. The van der Waals surface area contributed by atoms with E-state index in [4.69, 9.17) is 14.2 Å². The molecule has 0 fully saturated rings. The van der Waals surface area contributed by atoms with Gasteiger partial charge in [-0.2, -0.15) is 0 Å². The molecule has 72 heavy (non-hydrogen) atoms. The van der Waals surface area contributed by atoms with Crippen LogP contribution in [-0.2, 0) is 28.6 Å². The Kier molecular flexibility index (Phi) is 58.2. The molecular weight excluding hydrogens is 889 g/mol. The molecular formula is C66H118O6. The minimum absolute atomic E-state index is 0.0819. The van der Waals surface area contributed by atoms with E-state index in [1.165, 1.54) is 180 Å². The van der Waals surface area contributed by atoms with Gasteiger partial charge >= 0.3 is 17.9 Å². The van der Waals surface area contributed by atoms with Crippen molar-refractivity contribution in [1.82, 2.24) is 0 Å².